The normalized spacial score (nSPS) is 16.5. The van der Waals surface area contributed by atoms with Crippen molar-refractivity contribution in [3.8, 4) is 0 Å². The number of aromatic nitrogens is 1. The summed E-state index contributed by atoms with van der Waals surface area (Å²) in [4.78, 5) is 15.1. The van der Waals surface area contributed by atoms with Crippen LogP contribution in [0.3, 0.4) is 0 Å². The van der Waals surface area contributed by atoms with Crippen LogP contribution in [0.4, 0.5) is 0 Å². The fourth-order valence-electron chi connectivity index (χ4n) is 3.58. The zero-order valence-corrected chi connectivity index (χ0v) is 18.1. The van der Waals surface area contributed by atoms with Crippen molar-refractivity contribution in [2.24, 2.45) is 7.05 Å². The summed E-state index contributed by atoms with van der Waals surface area (Å²) in [6.45, 7) is 10.1. The minimum atomic E-state index is -3.50. The number of hydrogen-bond acceptors (Lipinski definition) is 4. The Morgan fingerprint density at radius 1 is 0.964 bits per heavy atom. The van der Waals surface area contributed by atoms with Crippen molar-refractivity contribution in [2.75, 3.05) is 32.7 Å². The lowest BCUT2D eigenvalue weighted by Gasteiger charge is -2.33. The fraction of sp³-hybridized carbons (Fsp3) is 0.476. The van der Waals surface area contributed by atoms with Crippen molar-refractivity contribution >= 4 is 15.8 Å². The lowest BCUT2D eigenvalue weighted by molar-refractivity contribution is 0.0901. The van der Waals surface area contributed by atoms with Crippen LogP contribution in [-0.4, -0.2) is 60.7 Å². The van der Waals surface area contributed by atoms with E-state index in [2.05, 4.69) is 0 Å². The molecule has 152 valence electrons. The molecule has 1 aromatic heterocycles. The van der Waals surface area contributed by atoms with Crippen LogP contribution in [0.15, 0.2) is 29.2 Å². The maximum atomic E-state index is 12.9. The van der Waals surface area contributed by atoms with Crippen molar-refractivity contribution in [2.45, 2.75) is 32.6 Å². The topological polar surface area (TPSA) is 62.6 Å². The summed E-state index contributed by atoms with van der Waals surface area (Å²) in [6, 6.07) is 7.19. The molecule has 1 aromatic carbocycles. The highest BCUT2D eigenvalue weighted by molar-refractivity contribution is 7.89. The molecule has 0 amide bonds. The molecular formula is C21H29N3O3S. The third-order valence-corrected chi connectivity index (χ3v) is 7.78. The van der Waals surface area contributed by atoms with Gasteiger partial charge in [0, 0.05) is 50.2 Å². The van der Waals surface area contributed by atoms with Crippen molar-refractivity contribution in [1.29, 1.82) is 0 Å². The van der Waals surface area contributed by atoms with Gasteiger partial charge in [0.15, 0.2) is 5.78 Å². The number of carbonyl (C=O) groups is 1. The molecule has 0 spiro atoms. The molecule has 0 atom stereocenters. The minimum Gasteiger partial charge on any atom is -0.351 e. The van der Waals surface area contributed by atoms with Gasteiger partial charge in [-0.3, -0.25) is 9.69 Å². The smallest absolute Gasteiger partial charge is 0.243 e. The molecule has 6 nitrogen and oxygen atoms in total. The molecule has 0 saturated carbocycles. The van der Waals surface area contributed by atoms with E-state index in [-0.39, 0.29) is 5.78 Å². The Balaban J connectivity index is 1.64. The fourth-order valence-corrected chi connectivity index (χ4v) is 5.09. The number of hydrogen-bond donors (Lipinski definition) is 0. The Labute approximate surface area is 167 Å². The van der Waals surface area contributed by atoms with E-state index < -0.39 is 10.0 Å². The highest BCUT2D eigenvalue weighted by atomic mass is 32.2. The maximum Gasteiger partial charge on any atom is 0.243 e. The Bertz CT molecular complexity index is 1000. The van der Waals surface area contributed by atoms with Gasteiger partial charge in [0.05, 0.1) is 11.4 Å². The highest BCUT2D eigenvalue weighted by Crippen LogP contribution is 2.21. The molecule has 1 aliphatic rings. The summed E-state index contributed by atoms with van der Waals surface area (Å²) in [5, 5.41) is 0. The zero-order chi connectivity index (χ0) is 20.6. The van der Waals surface area contributed by atoms with E-state index in [4.69, 9.17) is 0 Å². The molecule has 1 saturated heterocycles. The number of sulfonamides is 1. The Kier molecular flexibility index (Phi) is 5.79. The molecule has 28 heavy (non-hydrogen) atoms. The van der Waals surface area contributed by atoms with Crippen LogP contribution in [0.5, 0.6) is 0 Å². The van der Waals surface area contributed by atoms with Crippen LogP contribution in [0.25, 0.3) is 0 Å². The standard InChI is InChI=1S/C21H29N3O3S/c1-15-6-7-19(12-16(15)2)28(26,27)24-10-8-23(9-11-24)14-21(25)20-13-17(3)22(5)18(20)4/h6-7,12-13H,8-11,14H2,1-5H3. The number of Topliss-reactive ketones (excluding diaryl/α,β-unsaturated/α-hetero) is 1. The summed E-state index contributed by atoms with van der Waals surface area (Å²) in [5.41, 5.74) is 4.83. The van der Waals surface area contributed by atoms with Crippen molar-refractivity contribution in [3.63, 3.8) is 0 Å². The van der Waals surface area contributed by atoms with Crippen molar-refractivity contribution < 1.29 is 13.2 Å². The van der Waals surface area contributed by atoms with Gasteiger partial charge in [-0.1, -0.05) is 6.07 Å². The largest absolute Gasteiger partial charge is 0.351 e. The lowest BCUT2D eigenvalue weighted by Crippen LogP contribution is -2.49. The van der Waals surface area contributed by atoms with Crippen LogP contribution < -0.4 is 0 Å². The van der Waals surface area contributed by atoms with Gasteiger partial charge in [0.25, 0.3) is 0 Å². The number of piperazine rings is 1. The van der Waals surface area contributed by atoms with Gasteiger partial charge in [0.2, 0.25) is 10.0 Å². The van der Waals surface area contributed by atoms with E-state index in [1.807, 2.05) is 56.3 Å². The van der Waals surface area contributed by atoms with E-state index in [0.717, 1.165) is 28.1 Å². The number of ketones is 1. The second-order valence-electron chi connectivity index (χ2n) is 7.69. The van der Waals surface area contributed by atoms with Gasteiger partial charge in [-0.05, 0) is 57.0 Å². The van der Waals surface area contributed by atoms with Crippen molar-refractivity contribution in [1.82, 2.24) is 13.8 Å². The molecule has 0 N–H and O–H groups in total. The molecule has 7 heteroatoms. The number of nitrogens with zero attached hydrogens (tertiary/aromatic N) is 3. The first-order valence-corrected chi connectivity index (χ1v) is 11.0. The molecule has 3 rings (SSSR count). The van der Waals surface area contributed by atoms with Crippen LogP contribution in [0, 0.1) is 27.7 Å². The van der Waals surface area contributed by atoms with E-state index >= 15 is 0 Å². The number of carbonyl (C=O) groups excluding carboxylic acids is 1. The van der Waals surface area contributed by atoms with Crippen molar-refractivity contribution in [3.05, 3.63) is 52.3 Å². The molecule has 0 aliphatic carbocycles. The van der Waals surface area contributed by atoms with E-state index in [9.17, 15) is 13.2 Å². The monoisotopic (exact) mass is 403 g/mol. The SMILES string of the molecule is Cc1ccc(S(=O)(=O)N2CCN(CC(=O)c3cc(C)n(C)c3C)CC2)cc1C. The average Bonchev–Trinajstić information content (AvgIpc) is 2.92. The highest BCUT2D eigenvalue weighted by Gasteiger charge is 2.29. The quantitative estimate of drug-likeness (QED) is 0.720. The first-order chi connectivity index (χ1) is 13.1. The summed E-state index contributed by atoms with van der Waals surface area (Å²) in [7, 11) is -1.54. The molecule has 2 aromatic rings. The molecule has 1 aliphatic heterocycles. The Morgan fingerprint density at radius 2 is 1.61 bits per heavy atom. The predicted octanol–water partition coefficient (Wildman–Crippen LogP) is 2.45. The Hall–Kier alpha value is -1.96. The minimum absolute atomic E-state index is 0.0895. The second kappa shape index (κ2) is 7.81. The van der Waals surface area contributed by atoms with Crippen LogP contribution in [0.1, 0.15) is 32.9 Å². The molecule has 2 heterocycles. The van der Waals surface area contributed by atoms with Gasteiger partial charge in [-0.2, -0.15) is 4.31 Å². The van der Waals surface area contributed by atoms with Gasteiger partial charge in [-0.15, -0.1) is 0 Å². The summed E-state index contributed by atoms with van der Waals surface area (Å²) >= 11 is 0. The molecule has 0 radical (unpaired) electrons. The third-order valence-electron chi connectivity index (χ3n) is 5.89. The van der Waals surface area contributed by atoms with E-state index in [1.54, 1.807) is 12.1 Å². The van der Waals surface area contributed by atoms with Crippen LogP contribution in [-0.2, 0) is 17.1 Å². The van der Waals surface area contributed by atoms with Crippen LogP contribution in [0.2, 0.25) is 0 Å². The summed E-state index contributed by atoms with van der Waals surface area (Å²) in [5.74, 6) is 0.0895. The molecule has 0 bridgehead atoms. The first-order valence-electron chi connectivity index (χ1n) is 9.57. The second-order valence-corrected chi connectivity index (χ2v) is 9.63. The first kappa shape index (κ1) is 20.8. The Morgan fingerprint density at radius 3 is 2.14 bits per heavy atom. The van der Waals surface area contributed by atoms with Gasteiger partial charge in [0.1, 0.15) is 0 Å². The summed E-state index contributed by atoms with van der Waals surface area (Å²) < 4.78 is 29.4. The summed E-state index contributed by atoms with van der Waals surface area (Å²) in [6.07, 6.45) is 0. The van der Waals surface area contributed by atoms with E-state index in [0.29, 0.717) is 37.6 Å². The number of benzene rings is 1. The average molecular weight is 404 g/mol. The number of rotatable bonds is 5. The molecule has 0 unspecified atom stereocenters. The zero-order valence-electron chi connectivity index (χ0n) is 17.3. The van der Waals surface area contributed by atoms with Gasteiger partial charge in [-0.25, -0.2) is 8.42 Å². The van der Waals surface area contributed by atoms with Crippen LogP contribution >= 0.6 is 0 Å². The maximum absolute atomic E-state index is 12.9. The van der Waals surface area contributed by atoms with Gasteiger partial charge < -0.3 is 4.57 Å². The number of aryl methyl sites for hydroxylation is 3. The third kappa shape index (κ3) is 3.92. The molecule has 1 fully saturated rings. The molecular weight excluding hydrogens is 374 g/mol. The van der Waals surface area contributed by atoms with Gasteiger partial charge >= 0.3 is 0 Å². The lowest BCUT2D eigenvalue weighted by atomic mass is 10.1. The van der Waals surface area contributed by atoms with E-state index in [1.165, 1.54) is 4.31 Å². The predicted molar refractivity (Wildman–Crippen MR) is 110 cm³/mol.